The van der Waals surface area contributed by atoms with Crippen molar-refractivity contribution in [3.05, 3.63) is 59.8 Å². The SMILES string of the molecule is N#CC(=Cc1cccnc1)C(=O)NCc1ccco1. The van der Waals surface area contributed by atoms with Crippen LogP contribution in [0.5, 0.6) is 0 Å². The third-order valence-electron chi connectivity index (χ3n) is 2.36. The van der Waals surface area contributed by atoms with Crippen LogP contribution in [0.3, 0.4) is 0 Å². The van der Waals surface area contributed by atoms with Crippen molar-refractivity contribution in [2.45, 2.75) is 6.54 Å². The molecular formula is C14H11N3O2. The highest BCUT2D eigenvalue weighted by Gasteiger charge is 2.09. The van der Waals surface area contributed by atoms with E-state index >= 15 is 0 Å². The topological polar surface area (TPSA) is 78.9 Å². The molecule has 0 aliphatic heterocycles. The Balaban J connectivity index is 2.04. The first-order chi connectivity index (χ1) is 9.29. The molecule has 5 heteroatoms. The summed E-state index contributed by atoms with van der Waals surface area (Å²) in [7, 11) is 0. The molecule has 0 fully saturated rings. The summed E-state index contributed by atoms with van der Waals surface area (Å²) in [6.07, 6.45) is 6.22. The van der Waals surface area contributed by atoms with Gasteiger partial charge in [0.05, 0.1) is 12.8 Å². The summed E-state index contributed by atoms with van der Waals surface area (Å²) in [6, 6.07) is 8.86. The first kappa shape index (κ1) is 12.6. The number of carbonyl (C=O) groups is 1. The van der Waals surface area contributed by atoms with Gasteiger partial charge in [0.25, 0.3) is 5.91 Å². The van der Waals surface area contributed by atoms with Crippen LogP contribution in [0.15, 0.2) is 52.9 Å². The fourth-order valence-corrected chi connectivity index (χ4v) is 1.45. The number of nitriles is 1. The maximum atomic E-state index is 11.8. The van der Waals surface area contributed by atoms with E-state index in [9.17, 15) is 4.79 Å². The number of nitrogens with zero attached hydrogens (tertiary/aromatic N) is 2. The van der Waals surface area contributed by atoms with Crippen LogP contribution in [0.2, 0.25) is 0 Å². The molecule has 0 aliphatic rings. The Labute approximate surface area is 110 Å². The first-order valence-corrected chi connectivity index (χ1v) is 5.62. The van der Waals surface area contributed by atoms with Gasteiger partial charge in [0.2, 0.25) is 0 Å². The summed E-state index contributed by atoms with van der Waals surface area (Å²) in [5, 5.41) is 11.6. The smallest absolute Gasteiger partial charge is 0.262 e. The van der Waals surface area contributed by atoms with Crippen LogP contribution in [-0.2, 0) is 11.3 Å². The lowest BCUT2D eigenvalue weighted by Gasteiger charge is -2.01. The summed E-state index contributed by atoms with van der Waals surface area (Å²) >= 11 is 0. The molecule has 0 saturated heterocycles. The molecule has 19 heavy (non-hydrogen) atoms. The second-order valence-corrected chi connectivity index (χ2v) is 3.72. The quantitative estimate of drug-likeness (QED) is 0.666. The molecule has 2 rings (SSSR count). The van der Waals surface area contributed by atoms with Gasteiger partial charge >= 0.3 is 0 Å². The highest BCUT2D eigenvalue weighted by molar-refractivity contribution is 6.01. The van der Waals surface area contributed by atoms with E-state index < -0.39 is 5.91 Å². The van der Waals surface area contributed by atoms with Gasteiger partial charge in [-0.25, -0.2) is 0 Å². The summed E-state index contributed by atoms with van der Waals surface area (Å²) in [5.41, 5.74) is 0.728. The lowest BCUT2D eigenvalue weighted by atomic mass is 10.1. The van der Waals surface area contributed by atoms with E-state index in [0.29, 0.717) is 11.3 Å². The van der Waals surface area contributed by atoms with Crippen molar-refractivity contribution in [2.24, 2.45) is 0 Å². The van der Waals surface area contributed by atoms with Crippen LogP contribution >= 0.6 is 0 Å². The van der Waals surface area contributed by atoms with Crippen molar-refractivity contribution in [1.29, 1.82) is 5.26 Å². The van der Waals surface area contributed by atoms with Crippen LogP contribution in [-0.4, -0.2) is 10.9 Å². The first-order valence-electron chi connectivity index (χ1n) is 5.62. The molecule has 0 atom stereocenters. The number of hydrogen-bond acceptors (Lipinski definition) is 4. The van der Waals surface area contributed by atoms with Crippen molar-refractivity contribution in [2.75, 3.05) is 0 Å². The lowest BCUT2D eigenvalue weighted by Crippen LogP contribution is -2.23. The Hall–Kier alpha value is -2.87. The zero-order chi connectivity index (χ0) is 13.5. The van der Waals surface area contributed by atoms with Crippen LogP contribution in [0.1, 0.15) is 11.3 Å². The normalized spacial score (nSPS) is 10.8. The van der Waals surface area contributed by atoms with Crippen molar-refractivity contribution in [3.8, 4) is 6.07 Å². The van der Waals surface area contributed by atoms with Gasteiger partial charge in [0, 0.05) is 12.4 Å². The van der Waals surface area contributed by atoms with E-state index in [0.717, 1.165) is 0 Å². The van der Waals surface area contributed by atoms with E-state index in [1.165, 1.54) is 12.3 Å². The molecule has 5 nitrogen and oxygen atoms in total. The molecule has 2 aromatic heterocycles. The number of nitrogens with one attached hydrogen (secondary N) is 1. The van der Waals surface area contributed by atoms with Gasteiger partial charge < -0.3 is 9.73 Å². The second kappa shape index (κ2) is 6.17. The predicted molar refractivity (Wildman–Crippen MR) is 68.4 cm³/mol. The number of aromatic nitrogens is 1. The monoisotopic (exact) mass is 253 g/mol. The van der Waals surface area contributed by atoms with Gasteiger partial charge in [-0.3, -0.25) is 9.78 Å². The Morgan fingerprint density at radius 2 is 2.37 bits per heavy atom. The molecule has 0 aromatic carbocycles. The van der Waals surface area contributed by atoms with Crippen molar-refractivity contribution in [3.63, 3.8) is 0 Å². The highest BCUT2D eigenvalue weighted by atomic mass is 16.3. The van der Waals surface area contributed by atoms with Crippen molar-refractivity contribution in [1.82, 2.24) is 10.3 Å². The van der Waals surface area contributed by atoms with E-state index in [1.807, 2.05) is 6.07 Å². The van der Waals surface area contributed by atoms with Crippen LogP contribution < -0.4 is 5.32 Å². The average molecular weight is 253 g/mol. The average Bonchev–Trinajstić information content (AvgIpc) is 2.96. The van der Waals surface area contributed by atoms with Gasteiger partial charge in [-0.1, -0.05) is 6.07 Å². The minimum atomic E-state index is -0.442. The summed E-state index contributed by atoms with van der Waals surface area (Å²) < 4.78 is 5.09. The largest absolute Gasteiger partial charge is 0.467 e. The molecule has 0 saturated carbocycles. The van der Waals surface area contributed by atoms with Crippen LogP contribution in [0, 0.1) is 11.3 Å². The van der Waals surface area contributed by atoms with Gasteiger partial charge in [-0.2, -0.15) is 5.26 Å². The Morgan fingerprint density at radius 1 is 1.47 bits per heavy atom. The number of furan rings is 1. The standard InChI is InChI=1S/C14H11N3O2/c15-8-12(7-11-3-1-5-16-9-11)14(18)17-10-13-4-2-6-19-13/h1-7,9H,10H2,(H,17,18). The minimum absolute atomic E-state index is 0.0274. The van der Waals surface area contributed by atoms with Crippen molar-refractivity contribution < 1.29 is 9.21 Å². The van der Waals surface area contributed by atoms with E-state index in [2.05, 4.69) is 10.3 Å². The molecule has 1 N–H and O–H groups in total. The minimum Gasteiger partial charge on any atom is -0.467 e. The Bertz CT molecular complexity index is 610. The molecule has 94 valence electrons. The van der Waals surface area contributed by atoms with Gasteiger partial charge in [0.15, 0.2) is 0 Å². The van der Waals surface area contributed by atoms with E-state index in [1.54, 1.807) is 36.7 Å². The molecule has 1 amide bonds. The summed E-state index contributed by atoms with van der Waals surface area (Å²) in [5.74, 6) is 0.190. The number of pyridine rings is 1. The maximum absolute atomic E-state index is 11.8. The number of rotatable bonds is 4. The van der Waals surface area contributed by atoms with Gasteiger partial charge in [-0.05, 0) is 29.8 Å². The molecule has 0 radical (unpaired) electrons. The van der Waals surface area contributed by atoms with Crippen molar-refractivity contribution >= 4 is 12.0 Å². The van der Waals surface area contributed by atoms with Gasteiger partial charge in [-0.15, -0.1) is 0 Å². The molecular weight excluding hydrogens is 242 g/mol. The summed E-state index contributed by atoms with van der Waals surface area (Å²) in [4.78, 5) is 15.7. The third kappa shape index (κ3) is 3.54. The fourth-order valence-electron chi connectivity index (χ4n) is 1.45. The maximum Gasteiger partial charge on any atom is 0.262 e. The summed E-state index contributed by atoms with van der Waals surface area (Å²) in [6.45, 7) is 0.248. The Kier molecular flexibility index (Phi) is 4.09. The van der Waals surface area contributed by atoms with Gasteiger partial charge in [0.1, 0.15) is 17.4 Å². The third-order valence-corrected chi connectivity index (χ3v) is 2.36. The molecule has 2 aromatic rings. The number of hydrogen-bond donors (Lipinski definition) is 1. The number of amides is 1. The molecule has 0 unspecified atom stereocenters. The lowest BCUT2D eigenvalue weighted by molar-refractivity contribution is -0.117. The van der Waals surface area contributed by atoms with Crippen LogP contribution in [0.25, 0.3) is 6.08 Å². The molecule has 2 heterocycles. The van der Waals surface area contributed by atoms with E-state index in [-0.39, 0.29) is 12.1 Å². The molecule has 0 aliphatic carbocycles. The predicted octanol–water partition coefficient (Wildman–Crippen LogP) is 1.90. The zero-order valence-corrected chi connectivity index (χ0v) is 10.0. The zero-order valence-electron chi connectivity index (χ0n) is 10.0. The second-order valence-electron chi connectivity index (χ2n) is 3.72. The van der Waals surface area contributed by atoms with E-state index in [4.69, 9.17) is 9.68 Å². The molecule has 0 bridgehead atoms. The Morgan fingerprint density at radius 3 is 3.00 bits per heavy atom. The highest BCUT2D eigenvalue weighted by Crippen LogP contribution is 2.05. The van der Waals surface area contributed by atoms with Crippen LogP contribution in [0.4, 0.5) is 0 Å². The molecule has 0 spiro atoms. The number of carbonyl (C=O) groups excluding carboxylic acids is 1. The fraction of sp³-hybridized carbons (Fsp3) is 0.0714.